The lowest BCUT2D eigenvalue weighted by Crippen LogP contribution is -2.31. The minimum Gasteiger partial charge on any atom is -0.351 e. The van der Waals surface area contributed by atoms with Crippen LogP contribution in [0.2, 0.25) is 0 Å². The fraction of sp³-hybridized carbons (Fsp3) is 0.364. The van der Waals surface area contributed by atoms with Gasteiger partial charge in [0.05, 0.1) is 0 Å². The Bertz CT molecular complexity index is 334. The Hall–Kier alpha value is -1.51. The van der Waals surface area contributed by atoms with E-state index >= 15 is 0 Å². The molecule has 0 fully saturated rings. The Morgan fingerprint density at radius 2 is 2.07 bits per heavy atom. The number of hydrogen-bond donors (Lipinski definition) is 1. The lowest BCUT2D eigenvalue weighted by atomic mass is 10.0. The van der Waals surface area contributed by atoms with E-state index in [0.29, 0.717) is 5.92 Å². The van der Waals surface area contributed by atoms with Crippen molar-refractivity contribution in [3.63, 3.8) is 0 Å². The second-order valence-electron chi connectivity index (χ2n) is 3.65. The molecule has 76 valence electrons. The SMILES string of the molecule is CC(C)c1cccc(N(C)C(N)=O)c1. The molecule has 1 aromatic carbocycles. The zero-order valence-electron chi connectivity index (χ0n) is 8.82. The van der Waals surface area contributed by atoms with Crippen molar-refractivity contribution in [2.75, 3.05) is 11.9 Å². The van der Waals surface area contributed by atoms with Crippen molar-refractivity contribution in [1.82, 2.24) is 0 Å². The lowest BCUT2D eigenvalue weighted by molar-refractivity contribution is 0.255. The van der Waals surface area contributed by atoms with Crippen LogP contribution < -0.4 is 10.6 Å². The van der Waals surface area contributed by atoms with E-state index in [4.69, 9.17) is 5.73 Å². The van der Waals surface area contributed by atoms with Gasteiger partial charge in [-0.05, 0) is 23.6 Å². The third-order valence-corrected chi connectivity index (χ3v) is 2.25. The van der Waals surface area contributed by atoms with Gasteiger partial charge in [0.2, 0.25) is 0 Å². The van der Waals surface area contributed by atoms with Crippen molar-refractivity contribution < 1.29 is 4.79 Å². The van der Waals surface area contributed by atoms with Gasteiger partial charge in [-0.25, -0.2) is 4.79 Å². The molecule has 0 atom stereocenters. The monoisotopic (exact) mass is 192 g/mol. The molecule has 3 heteroatoms. The molecule has 0 saturated carbocycles. The molecule has 1 rings (SSSR count). The molecule has 0 saturated heterocycles. The van der Waals surface area contributed by atoms with Gasteiger partial charge in [-0.15, -0.1) is 0 Å². The van der Waals surface area contributed by atoms with Crippen LogP contribution in [-0.4, -0.2) is 13.1 Å². The van der Waals surface area contributed by atoms with Gasteiger partial charge in [0.15, 0.2) is 0 Å². The highest BCUT2D eigenvalue weighted by atomic mass is 16.2. The van der Waals surface area contributed by atoms with E-state index in [1.165, 1.54) is 10.5 Å². The van der Waals surface area contributed by atoms with Gasteiger partial charge < -0.3 is 5.73 Å². The average molecular weight is 192 g/mol. The molecule has 1 aromatic rings. The largest absolute Gasteiger partial charge is 0.351 e. The van der Waals surface area contributed by atoms with Gasteiger partial charge >= 0.3 is 6.03 Å². The summed E-state index contributed by atoms with van der Waals surface area (Å²) >= 11 is 0. The number of anilines is 1. The maximum Gasteiger partial charge on any atom is 0.318 e. The second kappa shape index (κ2) is 4.13. The highest BCUT2D eigenvalue weighted by Crippen LogP contribution is 2.20. The standard InChI is InChI=1S/C11H16N2O/c1-8(2)9-5-4-6-10(7-9)13(3)11(12)14/h4-8H,1-3H3,(H2,12,14). The fourth-order valence-corrected chi connectivity index (χ4v) is 1.22. The van der Waals surface area contributed by atoms with Gasteiger partial charge in [-0.2, -0.15) is 0 Å². The van der Waals surface area contributed by atoms with E-state index < -0.39 is 6.03 Å². The Morgan fingerprint density at radius 3 is 2.57 bits per heavy atom. The van der Waals surface area contributed by atoms with Gasteiger partial charge in [0.1, 0.15) is 0 Å². The Balaban J connectivity index is 2.99. The average Bonchev–Trinajstić information content (AvgIpc) is 2.16. The number of nitrogens with two attached hydrogens (primary N) is 1. The smallest absolute Gasteiger partial charge is 0.318 e. The highest BCUT2D eigenvalue weighted by Gasteiger charge is 2.07. The maximum atomic E-state index is 10.9. The molecule has 0 spiro atoms. The van der Waals surface area contributed by atoms with Crippen LogP contribution in [0.4, 0.5) is 10.5 Å². The number of carbonyl (C=O) groups excluding carboxylic acids is 1. The number of nitrogens with zero attached hydrogens (tertiary/aromatic N) is 1. The number of rotatable bonds is 2. The normalized spacial score (nSPS) is 10.3. The van der Waals surface area contributed by atoms with Crippen LogP contribution in [0, 0.1) is 0 Å². The third-order valence-electron chi connectivity index (χ3n) is 2.25. The summed E-state index contributed by atoms with van der Waals surface area (Å²) in [6.07, 6.45) is 0. The maximum absolute atomic E-state index is 10.9. The second-order valence-corrected chi connectivity index (χ2v) is 3.65. The van der Waals surface area contributed by atoms with Crippen LogP contribution in [0.1, 0.15) is 25.3 Å². The zero-order valence-corrected chi connectivity index (χ0v) is 8.82. The molecular weight excluding hydrogens is 176 g/mol. The Kier molecular flexibility index (Phi) is 3.12. The molecule has 0 aliphatic heterocycles. The van der Waals surface area contributed by atoms with Gasteiger partial charge in [0.25, 0.3) is 0 Å². The molecular formula is C11H16N2O. The summed E-state index contributed by atoms with van der Waals surface area (Å²) in [6.45, 7) is 4.23. The molecule has 14 heavy (non-hydrogen) atoms. The molecule has 0 bridgehead atoms. The molecule has 0 aromatic heterocycles. The summed E-state index contributed by atoms with van der Waals surface area (Å²) in [4.78, 5) is 12.4. The summed E-state index contributed by atoms with van der Waals surface area (Å²) in [7, 11) is 1.67. The third kappa shape index (κ3) is 2.25. The number of carbonyl (C=O) groups is 1. The van der Waals surface area contributed by atoms with Crippen molar-refractivity contribution in [3.8, 4) is 0 Å². The summed E-state index contributed by atoms with van der Waals surface area (Å²) in [5.41, 5.74) is 7.22. The lowest BCUT2D eigenvalue weighted by Gasteiger charge is -2.16. The number of primary amides is 1. The molecule has 0 aliphatic carbocycles. The molecule has 2 amide bonds. The van der Waals surface area contributed by atoms with Crippen molar-refractivity contribution in [1.29, 1.82) is 0 Å². The van der Waals surface area contributed by atoms with E-state index in [9.17, 15) is 4.79 Å². The Labute approximate surface area is 84.5 Å². The van der Waals surface area contributed by atoms with Crippen molar-refractivity contribution in [3.05, 3.63) is 29.8 Å². The van der Waals surface area contributed by atoms with E-state index in [1.54, 1.807) is 7.05 Å². The topological polar surface area (TPSA) is 46.3 Å². The molecule has 0 radical (unpaired) electrons. The van der Waals surface area contributed by atoms with Gasteiger partial charge in [-0.3, -0.25) is 4.90 Å². The summed E-state index contributed by atoms with van der Waals surface area (Å²) < 4.78 is 0. The predicted molar refractivity (Wildman–Crippen MR) is 58.5 cm³/mol. The number of hydrogen-bond acceptors (Lipinski definition) is 1. The van der Waals surface area contributed by atoms with E-state index in [2.05, 4.69) is 13.8 Å². The number of urea groups is 1. The van der Waals surface area contributed by atoms with E-state index in [1.807, 2.05) is 24.3 Å². The summed E-state index contributed by atoms with van der Waals surface area (Å²) in [5.74, 6) is 0.455. The molecule has 0 heterocycles. The Morgan fingerprint density at radius 1 is 1.43 bits per heavy atom. The minimum absolute atomic E-state index is 0.439. The minimum atomic E-state index is -0.439. The van der Waals surface area contributed by atoms with Crippen molar-refractivity contribution in [2.24, 2.45) is 5.73 Å². The quantitative estimate of drug-likeness (QED) is 0.768. The van der Waals surface area contributed by atoms with Crippen molar-refractivity contribution in [2.45, 2.75) is 19.8 Å². The number of amides is 2. The summed E-state index contributed by atoms with van der Waals surface area (Å²) in [5, 5.41) is 0. The highest BCUT2D eigenvalue weighted by molar-refractivity contribution is 5.90. The van der Waals surface area contributed by atoms with Gasteiger partial charge in [0, 0.05) is 12.7 Å². The molecule has 0 aliphatic rings. The summed E-state index contributed by atoms with van der Waals surface area (Å²) in [6, 6.07) is 7.39. The van der Waals surface area contributed by atoms with Crippen LogP contribution in [-0.2, 0) is 0 Å². The van der Waals surface area contributed by atoms with Gasteiger partial charge in [-0.1, -0.05) is 26.0 Å². The van der Waals surface area contributed by atoms with E-state index in [-0.39, 0.29) is 0 Å². The first-order valence-corrected chi connectivity index (χ1v) is 4.65. The molecule has 2 N–H and O–H groups in total. The van der Waals surface area contributed by atoms with Crippen LogP contribution >= 0.6 is 0 Å². The first kappa shape index (κ1) is 10.6. The predicted octanol–water partition coefficient (Wildman–Crippen LogP) is 2.32. The van der Waals surface area contributed by atoms with Crippen LogP contribution in [0.5, 0.6) is 0 Å². The zero-order chi connectivity index (χ0) is 10.7. The fourth-order valence-electron chi connectivity index (χ4n) is 1.22. The van der Waals surface area contributed by atoms with Crippen LogP contribution in [0.15, 0.2) is 24.3 Å². The van der Waals surface area contributed by atoms with Crippen molar-refractivity contribution >= 4 is 11.7 Å². The van der Waals surface area contributed by atoms with E-state index in [0.717, 1.165) is 5.69 Å². The van der Waals surface area contributed by atoms with Crippen LogP contribution in [0.3, 0.4) is 0 Å². The molecule has 3 nitrogen and oxygen atoms in total. The molecule has 0 unspecified atom stereocenters. The number of benzene rings is 1. The first-order valence-electron chi connectivity index (χ1n) is 4.65. The first-order chi connectivity index (χ1) is 6.52. The van der Waals surface area contributed by atoms with Crippen LogP contribution in [0.25, 0.3) is 0 Å².